The van der Waals surface area contributed by atoms with Crippen molar-refractivity contribution >= 4 is 11.8 Å². The summed E-state index contributed by atoms with van der Waals surface area (Å²) in [5, 5.41) is 13.9. The van der Waals surface area contributed by atoms with Crippen LogP contribution >= 0.6 is 11.8 Å². The summed E-state index contributed by atoms with van der Waals surface area (Å²) >= 11 is 1.64. The summed E-state index contributed by atoms with van der Waals surface area (Å²) in [4.78, 5) is 8.38. The van der Waals surface area contributed by atoms with Crippen molar-refractivity contribution in [2.24, 2.45) is 0 Å². The second-order valence-electron chi connectivity index (χ2n) is 4.41. The predicted octanol–water partition coefficient (Wildman–Crippen LogP) is 1.71. The molecule has 0 saturated heterocycles. The van der Waals surface area contributed by atoms with E-state index >= 15 is 0 Å². The summed E-state index contributed by atoms with van der Waals surface area (Å²) in [6.45, 7) is 7.22. The molecule has 0 aliphatic carbocycles. The van der Waals surface area contributed by atoms with Crippen LogP contribution in [0, 0.1) is 0 Å². The first-order chi connectivity index (χ1) is 8.09. The average Bonchev–Trinajstić information content (AvgIpc) is 2.30. The van der Waals surface area contributed by atoms with Crippen molar-refractivity contribution in [2.75, 3.05) is 13.2 Å². The minimum absolute atomic E-state index is 0.140. The molecule has 96 valence electrons. The number of nitrogens with one attached hydrogen (secondary N) is 1. The lowest BCUT2D eigenvalue weighted by Gasteiger charge is -2.30. The van der Waals surface area contributed by atoms with Gasteiger partial charge < -0.3 is 10.4 Å². The molecule has 17 heavy (non-hydrogen) atoms. The van der Waals surface area contributed by atoms with Crippen LogP contribution in [0.15, 0.2) is 23.6 Å². The van der Waals surface area contributed by atoms with Gasteiger partial charge in [-0.25, -0.2) is 9.97 Å². The Morgan fingerprint density at radius 1 is 1.47 bits per heavy atom. The second kappa shape index (κ2) is 6.93. The lowest BCUT2D eigenvalue weighted by atomic mass is 9.97. The minimum Gasteiger partial charge on any atom is -0.394 e. The van der Waals surface area contributed by atoms with Crippen LogP contribution in [-0.4, -0.2) is 39.0 Å². The number of hydrogen-bond acceptors (Lipinski definition) is 5. The number of aliphatic hydroxyl groups is 1. The van der Waals surface area contributed by atoms with Gasteiger partial charge >= 0.3 is 0 Å². The Bertz CT molecular complexity index is 323. The van der Waals surface area contributed by atoms with Crippen LogP contribution in [0.5, 0.6) is 0 Å². The highest BCUT2D eigenvalue weighted by atomic mass is 32.2. The van der Waals surface area contributed by atoms with Crippen LogP contribution in [0.3, 0.4) is 0 Å². The van der Waals surface area contributed by atoms with E-state index in [2.05, 4.69) is 22.2 Å². The molecule has 1 aromatic rings. The lowest BCUT2D eigenvalue weighted by Crippen LogP contribution is -2.47. The lowest BCUT2D eigenvalue weighted by molar-refractivity contribution is 0.168. The summed E-state index contributed by atoms with van der Waals surface area (Å²) in [6, 6.07) is 1.81. The molecule has 0 saturated carbocycles. The maximum absolute atomic E-state index is 9.43. The van der Waals surface area contributed by atoms with Crippen molar-refractivity contribution in [3.05, 3.63) is 18.5 Å². The quantitative estimate of drug-likeness (QED) is 0.574. The molecule has 2 unspecified atom stereocenters. The van der Waals surface area contributed by atoms with Crippen molar-refractivity contribution in [1.29, 1.82) is 0 Å². The first-order valence-corrected chi connectivity index (χ1v) is 6.77. The van der Waals surface area contributed by atoms with Crippen LogP contribution in [0.2, 0.25) is 0 Å². The van der Waals surface area contributed by atoms with Gasteiger partial charge in [0.15, 0.2) is 5.16 Å². The molecule has 1 rings (SSSR count). The zero-order valence-electron chi connectivity index (χ0n) is 10.7. The molecule has 0 radical (unpaired) electrons. The van der Waals surface area contributed by atoms with Gasteiger partial charge in [-0.1, -0.05) is 25.6 Å². The number of rotatable bonds is 7. The van der Waals surface area contributed by atoms with E-state index in [9.17, 15) is 5.11 Å². The fourth-order valence-corrected chi connectivity index (χ4v) is 2.88. The smallest absolute Gasteiger partial charge is 0.187 e. The molecular formula is C12H21N3OS. The molecule has 2 atom stereocenters. The van der Waals surface area contributed by atoms with Gasteiger partial charge in [0, 0.05) is 23.2 Å². The van der Waals surface area contributed by atoms with Crippen LogP contribution in [0.25, 0.3) is 0 Å². The zero-order chi connectivity index (χ0) is 12.7. The largest absolute Gasteiger partial charge is 0.394 e. The van der Waals surface area contributed by atoms with Crippen molar-refractivity contribution < 1.29 is 5.11 Å². The number of thioether (sulfide) groups is 1. The first kappa shape index (κ1) is 14.4. The average molecular weight is 255 g/mol. The Labute approximate surface area is 107 Å². The molecular weight excluding hydrogens is 234 g/mol. The number of aromatic nitrogens is 2. The second-order valence-corrected chi connectivity index (χ2v) is 5.82. The third-order valence-corrected chi connectivity index (χ3v) is 3.53. The molecule has 1 aromatic heterocycles. The Hall–Kier alpha value is -0.650. The number of likely N-dealkylation sites (N-methyl/N-ethyl adjacent to an activating group) is 1. The van der Waals surface area contributed by atoms with E-state index in [-0.39, 0.29) is 12.1 Å². The molecule has 0 aliphatic heterocycles. The fraction of sp³-hybridized carbons (Fsp3) is 0.667. The summed E-state index contributed by atoms with van der Waals surface area (Å²) in [7, 11) is 0. The number of aliphatic hydroxyl groups excluding tert-OH is 1. The van der Waals surface area contributed by atoms with E-state index in [0.29, 0.717) is 5.25 Å². The number of hydrogen-bond donors (Lipinski definition) is 2. The molecule has 0 bridgehead atoms. The maximum atomic E-state index is 9.43. The van der Waals surface area contributed by atoms with E-state index in [1.807, 2.05) is 19.9 Å². The van der Waals surface area contributed by atoms with Crippen molar-refractivity contribution in [3.8, 4) is 0 Å². The van der Waals surface area contributed by atoms with Crippen LogP contribution in [0.4, 0.5) is 0 Å². The van der Waals surface area contributed by atoms with E-state index in [1.54, 1.807) is 24.2 Å². The van der Waals surface area contributed by atoms with Gasteiger partial charge in [-0.05, 0) is 26.0 Å². The molecule has 0 fully saturated rings. The van der Waals surface area contributed by atoms with Gasteiger partial charge in [0.2, 0.25) is 0 Å². The van der Waals surface area contributed by atoms with Gasteiger partial charge in [0.25, 0.3) is 0 Å². The van der Waals surface area contributed by atoms with Crippen LogP contribution in [0.1, 0.15) is 27.2 Å². The SMILES string of the molecule is CCNC(C)(CO)CC(C)Sc1ncccn1. The Morgan fingerprint density at radius 3 is 2.65 bits per heavy atom. The van der Waals surface area contributed by atoms with E-state index in [0.717, 1.165) is 18.1 Å². The summed E-state index contributed by atoms with van der Waals surface area (Å²) < 4.78 is 0. The van der Waals surface area contributed by atoms with Crippen molar-refractivity contribution in [2.45, 2.75) is 43.1 Å². The molecule has 0 spiro atoms. The summed E-state index contributed by atoms with van der Waals surface area (Å²) in [5.74, 6) is 0. The number of nitrogens with zero attached hydrogens (tertiary/aromatic N) is 2. The molecule has 0 aliphatic rings. The monoisotopic (exact) mass is 255 g/mol. The van der Waals surface area contributed by atoms with E-state index in [1.165, 1.54) is 0 Å². The molecule has 5 heteroatoms. The van der Waals surface area contributed by atoms with Crippen LogP contribution < -0.4 is 5.32 Å². The van der Waals surface area contributed by atoms with Gasteiger partial charge in [0.1, 0.15) is 0 Å². The molecule has 0 amide bonds. The predicted molar refractivity (Wildman–Crippen MR) is 71.1 cm³/mol. The molecule has 4 nitrogen and oxygen atoms in total. The summed E-state index contributed by atoms with van der Waals surface area (Å²) in [5.41, 5.74) is -0.226. The van der Waals surface area contributed by atoms with E-state index in [4.69, 9.17) is 0 Å². The van der Waals surface area contributed by atoms with Gasteiger partial charge in [-0.3, -0.25) is 0 Å². The molecule has 2 N–H and O–H groups in total. The van der Waals surface area contributed by atoms with Crippen molar-refractivity contribution in [1.82, 2.24) is 15.3 Å². The highest BCUT2D eigenvalue weighted by molar-refractivity contribution is 7.99. The highest BCUT2D eigenvalue weighted by Gasteiger charge is 2.25. The normalized spacial score (nSPS) is 16.5. The Morgan fingerprint density at radius 2 is 2.12 bits per heavy atom. The highest BCUT2D eigenvalue weighted by Crippen LogP contribution is 2.25. The fourth-order valence-electron chi connectivity index (χ4n) is 1.82. The van der Waals surface area contributed by atoms with E-state index < -0.39 is 0 Å². The summed E-state index contributed by atoms with van der Waals surface area (Å²) in [6.07, 6.45) is 4.37. The third kappa shape index (κ3) is 5.02. The molecule has 1 heterocycles. The zero-order valence-corrected chi connectivity index (χ0v) is 11.5. The third-order valence-electron chi connectivity index (χ3n) is 2.54. The standard InChI is InChI=1S/C12H21N3OS/c1-4-15-12(3,9-16)8-10(2)17-11-13-6-5-7-14-11/h5-7,10,15-16H,4,8-9H2,1-3H3. The minimum atomic E-state index is -0.226. The van der Waals surface area contributed by atoms with Gasteiger partial charge in [-0.2, -0.15) is 0 Å². The van der Waals surface area contributed by atoms with Gasteiger partial charge in [-0.15, -0.1) is 0 Å². The van der Waals surface area contributed by atoms with Crippen molar-refractivity contribution in [3.63, 3.8) is 0 Å². The maximum Gasteiger partial charge on any atom is 0.187 e. The van der Waals surface area contributed by atoms with Gasteiger partial charge in [0.05, 0.1) is 6.61 Å². The Kier molecular flexibility index (Phi) is 5.88. The van der Waals surface area contributed by atoms with Crippen LogP contribution in [-0.2, 0) is 0 Å². The first-order valence-electron chi connectivity index (χ1n) is 5.89. The Balaban J connectivity index is 2.51. The molecule has 0 aromatic carbocycles. The topological polar surface area (TPSA) is 58.0 Å².